The molecule has 1 unspecified atom stereocenters. The van der Waals surface area contributed by atoms with E-state index in [-0.39, 0.29) is 11.8 Å². The van der Waals surface area contributed by atoms with E-state index in [1.165, 1.54) is 6.07 Å². The Morgan fingerprint density at radius 1 is 1.32 bits per heavy atom. The van der Waals surface area contributed by atoms with Gasteiger partial charge in [0.1, 0.15) is 0 Å². The van der Waals surface area contributed by atoms with Crippen LogP contribution in [-0.4, -0.2) is 15.8 Å². The molecule has 0 saturated heterocycles. The maximum Gasteiger partial charge on any atom is 0.417 e. The molecule has 0 spiro atoms. The molecule has 0 fully saturated rings. The lowest BCUT2D eigenvalue weighted by molar-refractivity contribution is -0.136. The van der Waals surface area contributed by atoms with Crippen molar-refractivity contribution >= 4 is 10.9 Å². The van der Waals surface area contributed by atoms with Crippen molar-refractivity contribution in [1.82, 2.24) is 4.57 Å². The van der Waals surface area contributed by atoms with Gasteiger partial charge < -0.3 is 9.67 Å². The third-order valence-electron chi connectivity index (χ3n) is 3.15. The summed E-state index contributed by atoms with van der Waals surface area (Å²) in [5, 5.41) is 9.66. The minimum Gasteiger partial charge on any atom is -0.393 e. The highest BCUT2D eigenvalue weighted by molar-refractivity contribution is 5.88. The second-order valence-corrected chi connectivity index (χ2v) is 4.69. The highest BCUT2D eigenvalue weighted by atomic mass is 19.4. The second-order valence-electron chi connectivity index (χ2n) is 4.69. The quantitative estimate of drug-likeness (QED) is 0.906. The standard InChI is InChI=1S/C14H16F3NO/c1-3-18-8-10(7-9(2)19)13-11(14(15,16)17)5-4-6-12(13)18/h4-6,8-9,19H,3,7H2,1-2H3. The summed E-state index contributed by atoms with van der Waals surface area (Å²) in [4.78, 5) is 0. The van der Waals surface area contributed by atoms with E-state index in [1.54, 1.807) is 23.8 Å². The van der Waals surface area contributed by atoms with E-state index in [0.29, 0.717) is 17.6 Å². The topological polar surface area (TPSA) is 25.2 Å². The lowest BCUT2D eigenvalue weighted by atomic mass is 10.0. The molecule has 0 bridgehead atoms. The van der Waals surface area contributed by atoms with Gasteiger partial charge in [0.05, 0.1) is 11.7 Å². The zero-order valence-electron chi connectivity index (χ0n) is 10.8. The van der Waals surface area contributed by atoms with Gasteiger partial charge in [-0.2, -0.15) is 13.2 Å². The third-order valence-corrected chi connectivity index (χ3v) is 3.15. The largest absolute Gasteiger partial charge is 0.417 e. The molecular weight excluding hydrogens is 255 g/mol. The van der Waals surface area contributed by atoms with Crippen molar-refractivity contribution in [3.8, 4) is 0 Å². The first-order chi connectivity index (χ1) is 8.84. The summed E-state index contributed by atoms with van der Waals surface area (Å²) in [6, 6.07) is 4.19. The Hall–Kier alpha value is -1.49. The highest BCUT2D eigenvalue weighted by Crippen LogP contribution is 2.37. The summed E-state index contributed by atoms with van der Waals surface area (Å²) in [5.41, 5.74) is 0.473. The van der Waals surface area contributed by atoms with Gasteiger partial charge in [-0.1, -0.05) is 6.07 Å². The number of hydrogen-bond donors (Lipinski definition) is 1. The molecule has 19 heavy (non-hydrogen) atoms. The predicted octanol–water partition coefficient (Wildman–Crippen LogP) is 3.60. The number of fused-ring (bicyclic) bond motifs is 1. The van der Waals surface area contributed by atoms with Crippen molar-refractivity contribution in [2.24, 2.45) is 0 Å². The van der Waals surface area contributed by atoms with Crippen molar-refractivity contribution in [2.45, 2.75) is 39.1 Å². The van der Waals surface area contributed by atoms with Crippen LogP contribution in [0, 0.1) is 0 Å². The minimum absolute atomic E-state index is 0.206. The van der Waals surface area contributed by atoms with E-state index < -0.39 is 17.8 Å². The molecule has 0 saturated carbocycles. The van der Waals surface area contributed by atoms with E-state index in [0.717, 1.165) is 6.07 Å². The number of hydrogen-bond acceptors (Lipinski definition) is 1. The number of alkyl halides is 3. The molecule has 0 radical (unpaired) electrons. The Labute approximate surface area is 109 Å². The first kappa shape index (κ1) is 13.9. The Morgan fingerprint density at radius 3 is 2.53 bits per heavy atom. The number of aliphatic hydroxyl groups is 1. The number of aryl methyl sites for hydroxylation is 1. The molecule has 1 aromatic heterocycles. The van der Waals surface area contributed by atoms with Crippen LogP contribution < -0.4 is 0 Å². The number of nitrogens with zero attached hydrogens (tertiary/aromatic N) is 1. The monoisotopic (exact) mass is 271 g/mol. The summed E-state index contributed by atoms with van der Waals surface area (Å²) in [7, 11) is 0. The maximum atomic E-state index is 13.1. The highest BCUT2D eigenvalue weighted by Gasteiger charge is 2.34. The van der Waals surface area contributed by atoms with Crippen LogP contribution in [-0.2, 0) is 19.1 Å². The summed E-state index contributed by atoms with van der Waals surface area (Å²) >= 11 is 0. The van der Waals surface area contributed by atoms with Crippen LogP contribution in [0.2, 0.25) is 0 Å². The number of benzene rings is 1. The fraction of sp³-hybridized carbons (Fsp3) is 0.429. The molecule has 0 amide bonds. The fourth-order valence-electron chi connectivity index (χ4n) is 2.41. The van der Waals surface area contributed by atoms with Gasteiger partial charge >= 0.3 is 6.18 Å². The van der Waals surface area contributed by atoms with E-state index in [2.05, 4.69) is 0 Å². The summed E-state index contributed by atoms with van der Waals surface area (Å²) in [6.45, 7) is 4.05. The molecule has 2 aromatic rings. The van der Waals surface area contributed by atoms with Crippen LogP contribution in [0.3, 0.4) is 0 Å². The van der Waals surface area contributed by atoms with Crippen LogP contribution in [0.1, 0.15) is 25.0 Å². The Kier molecular flexibility index (Phi) is 3.58. The zero-order chi connectivity index (χ0) is 14.2. The Morgan fingerprint density at radius 2 is 2.00 bits per heavy atom. The minimum atomic E-state index is -4.38. The molecule has 2 nitrogen and oxygen atoms in total. The number of halogens is 3. The van der Waals surface area contributed by atoms with Crippen LogP contribution in [0.4, 0.5) is 13.2 Å². The lowest BCUT2D eigenvalue weighted by Crippen LogP contribution is -2.08. The van der Waals surface area contributed by atoms with E-state index in [9.17, 15) is 18.3 Å². The molecule has 0 aliphatic carbocycles. The smallest absolute Gasteiger partial charge is 0.393 e. The first-order valence-corrected chi connectivity index (χ1v) is 6.20. The summed E-state index contributed by atoms with van der Waals surface area (Å²) in [6.07, 6.45) is -3.13. The molecule has 0 aliphatic heterocycles. The maximum absolute atomic E-state index is 13.1. The zero-order valence-corrected chi connectivity index (χ0v) is 10.8. The van der Waals surface area contributed by atoms with E-state index in [4.69, 9.17) is 0 Å². The molecular formula is C14H16F3NO. The first-order valence-electron chi connectivity index (χ1n) is 6.20. The Bertz CT molecular complexity index is 584. The average Bonchev–Trinajstić information content (AvgIpc) is 2.65. The van der Waals surface area contributed by atoms with Gasteiger partial charge in [-0.3, -0.25) is 0 Å². The predicted molar refractivity (Wildman–Crippen MR) is 68.0 cm³/mol. The van der Waals surface area contributed by atoms with Crippen LogP contribution >= 0.6 is 0 Å². The molecule has 2 rings (SSSR count). The molecule has 0 aliphatic rings. The van der Waals surface area contributed by atoms with Crippen molar-refractivity contribution in [1.29, 1.82) is 0 Å². The lowest BCUT2D eigenvalue weighted by Gasteiger charge is -2.11. The second kappa shape index (κ2) is 4.89. The summed E-state index contributed by atoms with van der Waals surface area (Å²) < 4.78 is 41.0. The van der Waals surface area contributed by atoms with Gasteiger partial charge in [-0.25, -0.2) is 0 Å². The van der Waals surface area contributed by atoms with Crippen molar-refractivity contribution in [2.75, 3.05) is 0 Å². The van der Waals surface area contributed by atoms with Gasteiger partial charge in [0.25, 0.3) is 0 Å². The number of rotatable bonds is 3. The molecule has 1 aromatic carbocycles. The third kappa shape index (κ3) is 2.61. The van der Waals surface area contributed by atoms with Crippen molar-refractivity contribution in [3.63, 3.8) is 0 Å². The Balaban J connectivity index is 2.74. The number of aromatic nitrogens is 1. The van der Waals surface area contributed by atoms with E-state index in [1.807, 2.05) is 6.92 Å². The van der Waals surface area contributed by atoms with Gasteiger partial charge in [0.15, 0.2) is 0 Å². The molecule has 1 heterocycles. The summed E-state index contributed by atoms with van der Waals surface area (Å²) in [5.74, 6) is 0. The van der Waals surface area contributed by atoms with Crippen LogP contribution in [0.5, 0.6) is 0 Å². The van der Waals surface area contributed by atoms with Crippen molar-refractivity contribution in [3.05, 3.63) is 35.5 Å². The van der Waals surface area contributed by atoms with Gasteiger partial charge in [0, 0.05) is 30.1 Å². The normalized spacial score (nSPS) is 14.0. The van der Waals surface area contributed by atoms with Crippen LogP contribution in [0.25, 0.3) is 10.9 Å². The fourth-order valence-corrected chi connectivity index (χ4v) is 2.41. The average molecular weight is 271 g/mol. The number of aliphatic hydroxyl groups excluding tert-OH is 1. The SMILES string of the molecule is CCn1cc(CC(C)O)c2c(C(F)(F)F)cccc21. The molecule has 104 valence electrons. The molecule has 1 atom stereocenters. The van der Waals surface area contributed by atoms with Gasteiger partial charge in [-0.15, -0.1) is 0 Å². The van der Waals surface area contributed by atoms with Gasteiger partial charge in [0.2, 0.25) is 0 Å². The van der Waals surface area contributed by atoms with E-state index >= 15 is 0 Å². The molecule has 1 N–H and O–H groups in total. The van der Waals surface area contributed by atoms with Crippen LogP contribution in [0.15, 0.2) is 24.4 Å². The van der Waals surface area contributed by atoms with Gasteiger partial charge in [-0.05, 0) is 31.5 Å². The van der Waals surface area contributed by atoms with Crippen molar-refractivity contribution < 1.29 is 18.3 Å². The molecule has 5 heteroatoms.